The largest absolute Gasteiger partial charge is 0.343 e. The fourth-order valence-corrected chi connectivity index (χ4v) is 2.70. The monoisotopic (exact) mass is 372 g/mol. The van der Waals surface area contributed by atoms with Crippen molar-refractivity contribution in [3.63, 3.8) is 0 Å². The zero-order valence-electron chi connectivity index (χ0n) is 14.7. The average Bonchev–Trinajstić information content (AvgIpc) is 2.64. The highest BCUT2D eigenvalue weighted by atomic mass is 19.1. The van der Waals surface area contributed by atoms with E-state index in [2.05, 4.69) is 15.7 Å². The summed E-state index contributed by atoms with van der Waals surface area (Å²) in [6, 6.07) is 10.4. The van der Waals surface area contributed by atoms with Gasteiger partial charge < -0.3 is 5.32 Å². The number of amides is 2. The number of halogens is 2. The molecule has 2 atom stereocenters. The Bertz CT molecular complexity index is 902. The van der Waals surface area contributed by atoms with Gasteiger partial charge in [0.1, 0.15) is 17.7 Å². The number of hydrogen-bond acceptors (Lipinski definition) is 4. The molecule has 0 fully saturated rings. The maximum atomic E-state index is 13.9. The van der Waals surface area contributed by atoms with Crippen molar-refractivity contribution in [2.24, 2.45) is 4.99 Å². The van der Waals surface area contributed by atoms with E-state index in [1.165, 1.54) is 11.1 Å². The lowest BCUT2D eigenvalue weighted by atomic mass is 10.1. The molecule has 2 amide bonds. The molecule has 0 radical (unpaired) electrons. The Morgan fingerprint density at radius 1 is 1.22 bits per heavy atom. The SMILES string of the molecule is CC1N=C(C(=O)NC(C)c2ccc(F)cc2F)NN(c2ccccc2)C1=O. The molecule has 8 heteroatoms. The van der Waals surface area contributed by atoms with Crippen LogP contribution in [0.2, 0.25) is 0 Å². The van der Waals surface area contributed by atoms with Crippen molar-refractivity contribution in [2.45, 2.75) is 25.9 Å². The Morgan fingerprint density at radius 2 is 1.93 bits per heavy atom. The summed E-state index contributed by atoms with van der Waals surface area (Å²) < 4.78 is 27.0. The lowest BCUT2D eigenvalue weighted by Gasteiger charge is -2.31. The normalized spacial score (nSPS) is 17.8. The number of aliphatic imine (C=N–C) groups is 1. The van der Waals surface area contributed by atoms with Crippen LogP contribution in [0.3, 0.4) is 0 Å². The van der Waals surface area contributed by atoms with Crippen molar-refractivity contribution in [1.29, 1.82) is 0 Å². The Hall–Kier alpha value is -3.29. The summed E-state index contributed by atoms with van der Waals surface area (Å²) in [6.45, 7) is 3.15. The molecule has 2 aromatic rings. The first-order valence-electron chi connectivity index (χ1n) is 8.36. The predicted octanol–water partition coefficient (Wildman–Crippen LogP) is 2.48. The van der Waals surface area contributed by atoms with E-state index in [9.17, 15) is 18.4 Å². The maximum absolute atomic E-state index is 13.9. The molecule has 0 saturated carbocycles. The quantitative estimate of drug-likeness (QED) is 0.866. The number of nitrogens with one attached hydrogen (secondary N) is 2. The van der Waals surface area contributed by atoms with E-state index in [-0.39, 0.29) is 17.3 Å². The summed E-state index contributed by atoms with van der Waals surface area (Å²) in [5.41, 5.74) is 3.40. The van der Waals surface area contributed by atoms with E-state index in [0.717, 1.165) is 12.1 Å². The van der Waals surface area contributed by atoms with Gasteiger partial charge in [-0.25, -0.2) is 18.8 Å². The number of anilines is 1. The number of nitrogens with zero attached hydrogens (tertiary/aromatic N) is 2. The first-order chi connectivity index (χ1) is 12.9. The third-order valence-corrected chi connectivity index (χ3v) is 4.12. The van der Waals surface area contributed by atoms with Gasteiger partial charge in [-0.05, 0) is 32.0 Å². The second-order valence-electron chi connectivity index (χ2n) is 6.14. The molecule has 2 aromatic carbocycles. The first kappa shape index (κ1) is 18.5. The molecular weight excluding hydrogens is 354 g/mol. The van der Waals surface area contributed by atoms with Crippen LogP contribution >= 0.6 is 0 Å². The minimum absolute atomic E-state index is 0.0691. The molecule has 2 unspecified atom stereocenters. The second-order valence-corrected chi connectivity index (χ2v) is 6.14. The minimum Gasteiger partial charge on any atom is -0.343 e. The van der Waals surface area contributed by atoms with Crippen LogP contribution in [-0.2, 0) is 9.59 Å². The molecule has 140 valence electrons. The lowest BCUT2D eigenvalue weighted by molar-refractivity contribution is -0.120. The van der Waals surface area contributed by atoms with Crippen molar-refractivity contribution in [1.82, 2.24) is 10.7 Å². The zero-order chi connectivity index (χ0) is 19.6. The average molecular weight is 372 g/mol. The van der Waals surface area contributed by atoms with Gasteiger partial charge in [0.15, 0.2) is 0 Å². The highest BCUT2D eigenvalue weighted by molar-refractivity contribution is 6.39. The molecule has 6 nitrogen and oxygen atoms in total. The van der Waals surface area contributed by atoms with E-state index in [1.54, 1.807) is 38.1 Å². The lowest BCUT2D eigenvalue weighted by Crippen LogP contribution is -2.58. The van der Waals surface area contributed by atoms with Crippen molar-refractivity contribution in [3.8, 4) is 0 Å². The molecule has 0 aromatic heterocycles. The fourth-order valence-electron chi connectivity index (χ4n) is 2.70. The number of carbonyl (C=O) groups is 2. The second kappa shape index (κ2) is 7.53. The van der Waals surface area contributed by atoms with Crippen LogP contribution in [0.1, 0.15) is 25.5 Å². The number of carbonyl (C=O) groups excluding carboxylic acids is 2. The van der Waals surface area contributed by atoms with Gasteiger partial charge in [-0.2, -0.15) is 0 Å². The van der Waals surface area contributed by atoms with E-state index in [0.29, 0.717) is 5.69 Å². The molecule has 1 aliphatic heterocycles. The van der Waals surface area contributed by atoms with Crippen LogP contribution in [0.5, 0.6) is 0 Å². The molecule has 1 aliphatic rings. The van der Waals surface area contributed by atoms with Crippen LogP contribution in [0.4, 0.5) is 14.5 Å². The van der Waals surface area contributed by atoms with Gasteiger partial charge >= 0.3 is 0 Å². The summed E-state index contributed by atoms with van der Waals surface area (Å²) in [6.07, 6.45) is 0. The third kappa shape index (κ3) is 3.94. The molecule has 3 rings (SSSR count). The van der Waals surface area contributed by atoms with Gasteiger partial charge in [-0.1, -0.05) is 24.3 Å². The molecular formula is C19H18F2N4O2. The standard InChI is InChI=1S/C19H18F2N4O2/c1-11(15-9-8-13(20)10-16(15)21)23-18(26)17-22-12(2)19(27)25(24-17)14-6-4-3-5-7-14/h3-12H,1-2H3,(H,22,24)(H,23,26). The summed E-state index contributed by atoms with van der Waals surface area (Å²) >= 11 is 0. The van der Waals surface area contributed by atoms with E-state index < -0.39 is 29.6 Å². The Labute approximate surface area is 154 Å². The van der Waals surface area contributed by atoms with E-state index in [1.807, 2.05) is 6.07 Å². The Kier molecular flexibility index (Phi) is 5.16. The van der Waals surface area contributed by atoms with Crippen molar-refractivity contribution in [3.05, 3.63) is 65.7 Å². The molecule has 0 aliphatic carbocycles. The fraction of sp³-hybridized carbons (Fsp3) is 0.211. The van der Waals surface area contributed by atoms with Crippen molar-refractivity contribution < 1.29 is 18.4 Å². The van der Waals surface area contributed by atoms with Gasteiger partial charge in [0, 0.05) is 11.6 Å². The summed E-state index contributed by atoms with van der Waals surface area (Å²) in [7, 11) is 0. The highest BCUT2D eigenvalue weighted by Gasteiger charge is 2.31. The van der Waals surface area contributed by atoms with Gasteiger partial charge in [-0.15, -0.1) is 0 Å². The van der Waals surface area contributed by atoms with Gasteiger partial charge in [-0.3, -0.25) is 15.0 Å². The number of amidine groups is 1. The maximum Gasteiger partial charge on any atom is 0.288 e. The summed E-state index contributed by atoms with van der Waals surface area (Å²) in [4.78, 5) is 29.0. The number of hydrogen-bond donors (Lipinski definition) is 2. The molecule has 0 bridgehead atoms. The highest BCUT2D eigenvalue weighted by Crippen LogP contribution is 2.19. The van der Waals surface area contributed by atoms with Crippen molar-refractivity contribution in [2.75, 3.05) is 5.01 Å². The van der Waals surface area contributed by atoms with Crippen LogP contribution in [0.15, 0.2) is 53.5 Å². The zero-order valence-corrected chi connectivity index (χ0v) is 14.7. The van der Waals surface area contributed by atoms with Crippen LogP contribution in [-0.4, -0.2) is 23.7 Å². The van der Waals surface area contributed by atoms with Crippen LogP contribution in [0, 0.1) is 11.6 Å². The van der Waals surface area contributed by atoms with Crippen LogP contribution < -0.4 is 15.8 Å². The Morgan fingerprint density at radius 3 is 2.59 bits per heavy atom. The summed E-state index contributed by atoms with van der Waals surface area (Å²) in [5, 5.41) is 3.85. The van der Waals surface area contributed by atoms with Crippen molar-refractivity contribution >= 4 is 23.3 Å². The number of hydrazine groups is 1. The molecule has 1 heterocycles. The molecule has 0 saturated heterocycles. The Balaban J connectivity index is 1.77. The molecule has 27 heavy (non-hydrogen) atoms. The third-order valence-electron chi connectivity index (χ3n) is 4.12. The first-order valence-corrected chi connectivity index (χ1v) is 8.36. The van der Waals surface area contributed by atoms with E-state index in [4.69, 9.17) is 0 Å². The van der Waals surface area contributed by atoms with E-state index >= 15 is 0 Å². The van der Waals surface area contributed by atoms with Gasteiger partial charge in [0.25, 0.3) is 11.8 Å². The minimum atomic E-state index is -0.759. The van der Waals surface area contributed by atoms with Gasteiger partial charge in [0.05, 0.1) is 11.7 Å². The van der Waals surface area contributed by atoms with Gasteiger partial charge in [0.2, 0.25) is 5.84 Å². The topological polar surface area (TPSA) is 73.8 Å². The number of benzene rings is 2. The smallest absolute Gasteiger partial charge is 0.288 e. The molecule has 2 N–H and O–H groups in total. The number of rotatable bonds is 4. The number of para-hydroxylation sites is 1. The summed E-state index contributed by atoms with van der Waals surface area (Å²) in [5.74, 6) is -2.43. The predicted molar refractivity (Wildman–Crippen MR) is 96.9 cm³/mol. The van der Waals surface area contributed by atoms with Crippen LogP contribution in [0.25, 0.3) is 0 Å². The molecule has 0 spiro atoms.